The SMILES string of the molecule is COC(=O)Cc1c(C(=O)C=C(C)C)n(C(=O)OC(C)(C)C)c2ccccc12. The minimum atomic E-state index is -0.734. The summed E-state index contributed by atoms with van der Waals surface area (Å²) in [6, 6.07) is 7.05. The molecule has 0 bridgehead atoms. The molecule has 0 saturated carbocycles. The van der Waals surface area contributed by atoms with E-state index in [2.05, 4.69) is 0 Å². The Morgan fingerprint density at radius 2 is 1.74 bits per heavy atom. The number of allylic oxidation sites excluding steroid dienone is 2. The molecular weight excluding hydrogens is 346 g/mol. The highest BCUT2D eigenvalue weighted by atomic mass is 16.6. The standard InChI is InChI=1S/C21H25NO5/c1-13(2)11-17(23)19-15(12-18(24)26-6)14-9-7-8-10-16(14)22(19)20(25)27-21(3,4)5/h7-11H,12H2,1-6H3. The molecule has 2 aromatic rings. The van der Waals surface area contributed by atoms with Crippen molar-refractivity contribution in [2.24, 2.45) is 0 Å². The normalized spacial score (nSPS) is 11.2. The lowest BCUT2D eigenvalue weighted by Gasteiger charge is -2.20. The van der Waals surface area contributed by atoms with E-state index in [1.807, 2.05) is 0 Å². The fourth-order valence-electron chi connectivity index (χ4n) is 2.79. The second kappa shape index (κ2) is 7.78. The largest absolute Gasteiger partial charge is 0.469 e. The van der Waals surface area contributed by atoms with Crippen LogP contribution in [0.15, 0.2) is 35.9 Å². The number of para-hydroxylation sites is 1. The summed E-state index contributed by atoms with van der Waals surface area (Å²) in [6.45, 7) is 8.84. The summed E-state index contributed by atoms with van der Waals surface area (Å²) in [6.07, 6.45) is 0.653. The maximum atomic E-state index is 12.9. The lowest BCUT2D eigenvalue weighted by atomic mass is 10.0. The number of ketones is 1. The molecule has 0 aliphatic heterocycles. The lowest BCUT2D eigenvalue weighted by molar-refractivity contribution is -0.139. The molecule has 0 N–H and O–H groups in total. The zero-order chi connectivity index (χ0) is 20.4. The van der Waals surface area contributed by atoms with Gasteiger partial charge in [-0.05, 0) is 46.8 Å². The van der Waals surface area contributed by atoms with Crippen LogP contribution in [0.5, 0.6) is 0 Å². The molecule has 0 radical (unpaired) electrons. The molecular formula is C21H25NO5. The van der Waals surface area contributed by atoms with E-state index in [0.717, 1.165) is 5.57 Å². The Balaban J connectivity index is 2.81. The number of aromatic nitrogens is 1. The summed E-state index contributed by atoms with van der Waals surface area (Å²) in [7, 11) is 1.28. The third-order valence-corrected chi connectivity index (χ3v) is 3.76. The monoisotopic (exact) mass is 371 g/mol. The van der Waals surface area contributed by atoms with Gasteiger partial charge in [0, 0.05) is 10.9 Å². The fourth-order valence-corrected chi connectivity index (χ4v) is 2.79. The molecule has 1 aromatic heterocycles. The third-order valence-electron chi connectivity index (χ3n) is 3.76. The first-order valence-corrected chi connectivity index (χ1v) is 8.67. The van der Waals surface area contributed by atoms with Crippen LogP contribution in [0.25, 0.3) is 10.9 Å². The van der Waals surface area contributed by atoms with Crippen LogP contribution >= 0.6 is 0 Å². The summed E-state index contributed by atoms with van der Waals surface area (Å²) >= 11 is 0. The molecule has 1 heterocycles. The lowest BCUT2D eigenvalue weighted by Crippen LogP contribution is -2.29. The molecule has 0 aliphatic carbocycles. The predicted octanol–water partition coefficient (Wildman–Crippen LogP) is 4.29. The number of hydrogen-bond donors (Lipinski definition) is 0. The van der Waals surface area contributed by atoms with Crippen LogP contribution in [0.2, 0.25) is 0 Å². The molecule has 0 amide bonds. The minimum absolute atomic E-state index is 0.121. The molecule has 0 fully saturated rings. The summed E-state index contributed by atoms with van der Waals surface area (Å²) in [4.78, 5) is 37.8. The van der Waals surface area contributed by atoms with Gasteiger partial charge in [-0.25, -0.2) is 9.36 Å². The van der Waals surface area contributed by atoms with Crippen molar-refractivity contribution in [1.29, 1.82) is 0 Å². The average molecular weight is 371 g/mol. The van der Waals surface area contributed by atoms with E-state index >= 15 is 0 Å². The predicted molar refractivity (Wildman–Crippen MR) is 103 cm³/mol. The molecule has 0 atom stereocenters. The topological polar surface area (TPSA) is 74.6 Å². The van der Waals surface area contributed by atoms with Gasteiger partial charge in [-0.3, -0.25) is 9.59 Å². The van der Waals surface area contributed by atoms with Gasteiger partial charge in [-0.2, -0.15) is 0 Å². The molecule has 0 saturated heterocycles. The van der Waals surface area contributed by atoms with Gasteiger partial charge in [0.1, 0.15) is 11.3 Å². The van der Waals surface area contributed by atoms with Gasteiger partial charge >= 0.3 is 12.1 Å². The molecule has 1 aromatic carbocycles. The van der Waals surface area contributed by atoms with Crippen LogP contribution in [0.4, 0.5) is 4.79 Å². The van der Waals surface area contributed by atoms with E-state index < -0.39 is 17.7 Å². The summed E-state index contributed by atoms with van der Waals surface area (Å²) in [5.41, 5.74) is 1.13. The summed E-state index contributed by atoms with van der Waals surface area (Å²) in [5, 5.41) is 0.638. The van der Waals surface area contributed by atoms with Crippen molar-refractivity contribution in [3.05, 3.63) is 47.2 Å². The zero-order valence-corrected chi connectivity index (χ0v) is 16.6. The maximum absolute atomic E-state index is 12.9. The number of fused-ring (bicyclic) bond motifs is 1. The Labute approximate surface area is 158 Å². The molecule has 6 heteroatoms. The molecule has 27 heavy (non-hydrogen) atoms. The van der Waals surface area contributed by atoms with Crippen LogP contribution < -0.4 is 0 Å². The van der Waals surface area contributed by atoms with Gasteiger partial charge in [-0.1, -0.05) is 23.8 Å². The fraction of sp³-hybridized carbons (Fsp3) is 0.381. The zero-order valence-electron chi connectivity index (χ0n) is 16.6. The van der Waals surface area contributed by atoms with E-state index in [1.54, 1.807) is 58.9 Å². The van der Waals surface area contributed by atoms with E-state index in [0.29, 0.717) is 16.5 Å². The van der Waals surface area contributed by atoms with Gasteiger partial charge < -0.3 is 9.47 Å². The number of benzene rings is 1. The molecule has 6 nitrogen and oxygen atoms in total. The Hall–Kier alpha value is -2.89. The molecule has 2 rings (SSSR count). The highest BCUT2D eigenvalue weighted by molar-refractivity contribution is 6.12. The second-order valence-electron chi connectivity index (χ2n) is 7.50. The van der Waals surface area contributed by atoms with Crippen LogP contribution in [-0.2, 0) is 20.7 Å². The Morgan fingerprint density at radius 1 is 1.11 bits per heavy atom. The Bertz CT molecular complexity index is 924. The first kappa shape index (κ1) is 20.4. The van der Waals surface area contributed by atoms with Gasteiger partial charge in [0.2, 0.25) is 5.78 Å². The molecule has 144 valence electrons. The second-order valence-corrected chi connectivity index (χ2v) is 7.50. The van der Waals surface area contributed by atoms with Crippen molar-refractivity contribution in [1.82, 2.24) is 4.57 Å². The van der Waals surface area contributed by atoms with Crippen molar-refractivity contribution in [3.8, 4) is 0 Å². The van der Waals surface area contributed by atoms with Crippen molar-refractivity contribution >= 4 is 28.7 Å². The van der Waals surface area contributed by atoms with E-state index in [1.165, 1.54) is 17.8 Å². The number of carbonyl (C=O) groups excluding carboxylic acids is 3. The molecule has 0 aliphatic rings. The van der Waals surface area contributed by atoms with E-state index in [9.17, 15) is 14.4 Å². The Kier molecular flexibility index (Phi) is 5.88. The van der Waals surface area contributed by atoms with Crippen LogP contribution in [0.3, 0.4) is 0 Å². The number of nitrogens with zero attached hydrogens (tertiary/aromatic N) is 1. The molecule has 0 unspecified atom stereocenters. The van der Waals surface area contributed by atoms with Crippen LogP contribution in [-0.4, -0.2) is 35.1 Å². The highest BCUT2D eigenvalue weighted by Crippen LogP contribution is 2.29. The third kappa shape index (κ3) is 4.64. The van der Waals surface area contributed by atoms with Crippen LogP contribution in [0.1, 0.15) is 50.7 Å². The number of ether oxygens (including phenoxy) is 2. The highest BCUT2D eigenvalue weighted by Gasteiger charge is 2.29. The van der Waals surface area contributed by atoms with Gasteiger partial charge in [0.25, 0.3) is 0 Å². The minimum Gasteiger partial charge on any atom is -0.469 e. The van der Waals surface area contributed by atoms with E-state index in [4.69, 9.17) is 9.47 Å². The van der Waals surface area contributed by atoms with E-state index in [-0.39, 0.29) is 17.9 Å². The Morgan fingerprint density at radius 3 is 2.30 bits per heavy atom. The summed E-state index contributed by atoms with van der Waals surface area (Å²) in [5.74, 6) is -0.857. The number of esters is 1. The van der Waals surface area contributed by atoms with Crippen molar-refractivity contribution in [3.63, 3.8) is 0 Å². The maximum Gasteiger partial charge on any atom is 0.419 e. The number of carbonyl (C=O) groups is 3. The van der Waals surface area contributed by atoms with Crippen molar-refractivity contribution in [2.75, 3.05) is 7.11 Å². The average Bonchev–Trinajstić information content (AvgIpc) is 2.87. The van der Waals surface area contributed by atoms with Crippen molar-refractivity contribution in [2.45, 2.75) is 46.6 Å². The van der Waals surface area contributed by atoms with Crippen LogP contribution in [0, 0.1) is 0 Å². The first-order valence-electron chi connectivity index (χ1n) is 8.67. The van der Waals surface area contributed by atoms with Gasteiger partial charge in [-0.15, -0.1) is 0 Å². The number of hydrogen-bond acceptors (Lipinski definition) is 5. The van der Waals surface area contributed by atoms with Gasteiger partial charge in [0.05, 0.1) is 19.0 Å². The molecule has 0 spiro atoms. The van der Waals surface area contributed by atoms with Crippen molar-refractivity contribution < 1.29 is 23.9 Å². The number of methoxy groups -OCH3 is 1. The van der Waals surface area contributed by atoms with Gasteiger partial charge in [0.15, 0.2) is 0 Å². The summed E-state index contributed by atoms with van der Waals surface area (Å²) < 4.78 is 11.5. The smallest absolute Gasteiger partial charge is 0.419 e. The number of rotatable bonds is 4. The first-order chi connectivity index (χ1) is 12.5. The quantitative estimate of drug-likeness (QED) is 0.455.